The topological polar surface area (TPSA) is 156 Å². The number of aromatic nitrogens is 3. The second kappa shape index (κ2) is 14.5. The fourth-order valence-electron chi connectivity index (χ4n) is 4.95. The summed E-state index contributed by atoms with van der Waals surface area (Å²) in [5.74, 6) is -10.2. The molecule has 0 radical (unpaired) electrons. The number of carbonyl (C=O) groups excluding carboxylic acids is 2. The Morgan fingerprint density at radius 1 is 0.902 bits per heavy atom. The maximum Gasteiger partial charge on any atom is 0.490 e. The zero-order valence-corrected chi connectivity index (χ0v) is 25.9. The summed E-state index contributed by atoms with van der Waals surface area (Å²) in [4.78, 5) is 46.8. The van der Waals surface area contributed by atoms with Crippen LogP contribution in [0.3, 0.4) is 0 Å². The van der Waals surface area contributed by atoms with Crippen molar-refractivity contribution in [3.8, 4) is 16.9 Å². The molecule has 2 heterocycles. The van der Waals surface area contributed by atoms with Gasteiger partial charge >= 0.3 is 12.1 Å². The van der Waals surface area contributed by atoms with Gasteiger partial charge in [-0.3, -0.25) is 14.2 Å². The summed E-state index contributed by atoms with van der Waals surface area (Å²) in [6, 6.07) is 10.2. The number of amides is 1. The third-order valence-corrected chi connectivity index (χ3v) is 7.40. The van der Waals surface area contributed by atoms with E-state index in [0.29, 0.717) is 16.2 Å². The number of alkyl halides is 3. The molecule has 0 aliphatic carbocycles. The first-order valence-corrected chi connectivity index (χ1v) is 14.6. The van der Waals surface area contributed by atoms with Gasteiger partial charge in [0.2, 0.25) is 12.1 Å². The van der Waals surface area contributed by atoms with Crippen LogP contribution in [0.5, 0.6) is 0 Å². The third kappa shape index (κ3) is 7.51. The number of pyridine rings is 1. The predicted octanol–water partition coefficient (Wildman–Crippen LogP) is 4.86. The van der Waals surface area contributed by atoms with E-state index in [1.807, 2.05) is 0 Å². The quantitative estimate of drug-likeness (QED) is 0.117. The summed E-state index contributed by atoms with van der Waals surface area (Å²) in [6.07, 6.45) is -8.22. The van der Waals surface area contributed by atoms with E-state index in [4.69, 9.17) is 0 Å². The normalized spacial score (nSPS) is 12.2. The fraction of sp³-hybridized carbons (Fsp3) is 0.182. The molecule has 266 valence electrons. The Kier molecular flexibility index (Phi) is 10.4. The number of nitrogens with zero attached hydrogens (tertiary/aromatic N) is 3. The molecule has 18 heteroatoms. The molecule has 0 saturated heterocycles. The molecule has 0 aliphatic heterocycles. The minimum Gasteiger partial charge on any atom is -0.440 e. The minimum atomic E-state index is -5.60. The van der Waals surface area contributed by atoms with Gasteiger partial charge in [0.05, 0.1) is 24.9 Å². The molecule has 5 aromatic rings. The summed E-state index contributed by atoms with van der Waals surface area (Å²) >= 11 is 0. The van der Waals surface area contributed by atoms with Crippen LogP contribution in [-0.2, 0) is 14.3 Å². The van der Waals surface area contributed by atoms with Gasteiger partial charge in [-0.15, -0.1) is 0 Å². The molecule has 4 N–H and O–H groups in total. The van der Waals surface area contributed by atoms with E-state index in [1.54, 1.807) is 6.92 Å². The van der Waals surface area contributed by atoms with Gasteiger partial charge in [0.25, 0.3) is 11.5 Å². The van der Waals surface area contributed by atoms with E-state index in [0.717, 1.165) is 36.4 Å². The number of nitrogens with one attached hydrogen (secondary N) is 2. The fourth-order valence-corrected chi connectivity index (χ4v) is 4.95. The van der Waals surface area contributed by atoms with E-state index in [9.17, 15) is 46.5 Å². The first-order chi connectivity index (χ1) is 24.1. The van der Waals surface area contributed by atoms with Gasteiger partial charge in [-0.2, -0.15) is 18.2 Å². The van der Waals surface area contributed by atoms with Crippen LogP contribution in [0.4, 0.5) is 42.4 Å². The smallest absolute Gasteiger partial charge is 0.440 e. The number of esters is 1. The number of aliphatic hydroxyl groups is 2. The maximum absolute atomic E-state index is 15.0. The number of hydrogen-bond donors (Lipinski definition) is 4. The highest BCUT2D eigenvalue weighted by Crippen LogP contribution is 2.34. The molecule has 2 aromatic heterocycles. The average molecular weight is 720 g/mol. The number of anilines is 2. The van der Waals surface area contributed by atoms with Crippen LogP contribution >= 0.6 is 0 Å². The number of para-hydroxylation sites is 1. The molecule has 3 aromatic carbocycles. The van der Waals surface area contributed by atoms with Crippen molar-refractivity contribution in [1.29, 1.82) is 0 Å². The van der Waals surface area contributed by atoms with Crippen LogP contribution in [0, 0.1) is 30.2 Å². The molecule has 0 fully saturated rings. The van der Waals surface area contributed by atoms with Gasteiger partial charge < -0.3 is 25.6 Å². The van der Waals surface area contributed by atoms with Crippen LogP contribution in [0.25, 0.3) is 28.0 Å². The molecule has 11 nitrogen and oxygen atoms in total. The Labute approximate surface area is 282 Å². The molecule has 1 amide bonds. The Bertz CT molecular complexity index is 2190. The Balaban J connectivity index is 1.67. The maximum atomic E-state index is 15.0. The monoisotopic (exact) mass is 719 g/mol. The first kappa shape index (κ1) is 36.4. The van der Waals surface area contributed by atoms with Crippen LogP contribution in [0.2, 0.25) is 0 Å². The van der Waals surface area contributed by atoms with Crippen molar-refractivity contribution >= 4 is 34.5 Å². The van der Waals surface area contributed by atoms with Gasteiger partial charge in [0.1, 0.15) is 17.3 Å². The highest BCUT2D eigenvalue weighted by molar-refractivity contribution is 5.98. The number of aliphatic hydroxyl groups excluding tert-OH is 2. The van der Waals surface area contributed by atoms with Crippen molar-refractivity contribution in [2.75, 3.05) is 23.8 Å². The van der Waals surface area contributed by atoms with E-state index in [-0.39, 0.29) is 33.9 Å². The number of ether oxygens (including phenoxy) is 1. The van der Waals surface area contributed by atoms with Gasteiger partial charge in [0, 0.05) is 28.3 Å². The second-order valence-corrected chi connectivity index (χ2v) is 10.9. The van der Waals surface area contributed by atoms with Crippen LogP contribution < -0.4 is 16.2 Å². The number of benzene rings is 3. The number of rotatable bonds is 10. The zero-order valence-electron chi connectivity index (χ0n) is 25.9. The van der Waals surface area contributed by atoms with Crippen molar-refractivity contribution in [2.24, 2.45) is 0 Å². The second-order valence-electron chi connectivity index (χ2n) is 10.9. The summed E-state index contributed by atoms with van der Waals surface area (Å²) in [5.41, 5.74) is -2.76. The number of hydrogen-bond acceptors (Lipinski definition) is 9. The number of carbonyl (C=O) groups is 2. The zero-order chi connectivity index (χ0) is 37.2. The molecule has 0 spiro atoms. The lowest BCUT2D eigenvalue weighted by Gasteiger charge is -2.20. The van der Waals surface area contributed by atoms with Crippen molar-refractivity contribution in [3.05, 3.63) is 111 Å². The Morgan fingerprint density at radius 3 is 2.20 bits per heavy atom. The molecule has 0 saturated carbocycles. The van der Waals surface area contributed by atoms with Crippen molar-refractivity contribution < 1.29 is 55.3 Å². The molecule has 51 heavy (non-hydrogen) atoms. The molecule has 0 bridgehead atoms. The summed E-state index contributed by atoms with van der Waals surface area (Å²) < 4.78 is 103. The van der Waals surface area contributed by atoms with Crippen molar-refractivity contribution in [2.45, 2.75) is 25.2 Å². The first-order valence-electron chi connectivity index (χ1n) is 14.6. The SMILES string of the molecule is Cc1ccc(NC(=O)C(OC(=O)C(F)(F)F)c2cccc(F)c2F)cc1-c1nc(NC(CO)CO)nc2c1ccc(=O)n2-c1c(F)cccc1F. The lowest BCUT2D eigenvalue weighted by molar-refractivity contribution is -0.205. The van der Waals surface area contributed by atoms with E-state index in [2.05, 4.69) is 25.3 Å². The molecule has 1 atom stereocenters. The molecular formula is C33H24F7N5O6. The van der Waals surface area contributed by atoms with Crippen LogP contribution in [0.15, 0.2) is 71.5 Å². The Morgan fingerprint density at radius 2 is 1.55 bits per heavy atom. The molecule has 0 aliphatic rings. The van der Waals surface area contributed by atoms with Crippen molar-refractivity contribution in [3.63, 3.8) is 0 Å². The highest BCUT2D eigenvalue weighted by atomic mass is 19.4. The predicted molar refractivity (Wildman–Crippen MR) is 167 cm³/mol. The van der Waals surface area contributed by atoms with E-state index in [1.165, 1.54) is 24.3 Å². The lowest BCUT2D eigenvalue weighted by atomic mass is 10.0. The molecular weight excluding hydrogens is 695 g/mol. The summed E-state index contributed by atoms with van der Waals surface area (Å²) in [7, 11) is 0. The number of aryl methyl sites for hydroxylation is 1. The van der Waals surface area contributed by atoms with Gasteiger partial charge in [-0.1, -0.05) is 24.3 Å². The third-order valence-electron chi connectivity index (χ3n) is 7.40. The Hall–Kier alpha value is -5.88. The largest absolute Gasteiger partial charge is 0.490 e. The number of halogens is 7. The van der Waals surface area contributed by atoms with Crippen LogP contribution in [-0.4, -0.2) is 62.1 Å². The minimum absolute atomic E-state index is 0.0118. The molecule has 5 rings (SSSR count). The lowest BCUT2D eigenvalue weighted by Crippen LogP contribution is -2.33. The molecule has 1 unspecified atom stereocenters. The van der Waals surface area contributed by atoms with E-state index >= 15 is 8.78 Å². The summed E-state index contributed by atoms with van der Waals surface area (Å²) in [6.45, 7) is 0.321. The summed E-state index contributed by atoms with van der Waals surface area (Å²) in [5, 5.41) is 24.2. The standard InChI is InChI=1S/C33H24F7N5O6/c1-15-8-9-16(41-30(49)28(51-31(50)33(38,39)40)18-4-2-5-21(34)25(18)37)12-20(15)26-19-10-11-24(48)45(27-22(35)6-3-7-23(27)36)29(19)44-32(43-26)42-17(13-46)14-47/h2-12,17,28,46-47H,13-14H2,1H3,(H,41,49)(H,42,43,44). The number of fused-ring (bicyclic) bond motifs is 1. The average Bonchev–Trinajstić information content (AvgIpc) is 3.08. The highest BCUT2D eigenvalue weighted by Gasteiger charge is 2.44. The van der Waals surface area contributed by atoms with Gasteiger partial charge in [-0.05, 0) is 48.9 Å². The van der Waals surface area contributed by atoms with Crippen LogP contribution in [0.1, 0.15) is 17.2 Å². The van der Waals surface area contributed by atoms with Gasteiger partial charge in [-0.25, -0.2) is 27.3 Å². The van der Waals surface area contributed by atoms with Crippen molar-refractivity contribution in [1.82, 2.24) is 14.5 Å². The van der Waals surface area contributed by atoms with E-state index < -0.39 is 83.5 Å². The van der Waals surface area contributed by atoms with Gasteiger partial charge in [0.15, 0.2) is 17.3 Å².